The number of aryl methyl sites for hydroxylation is 2. The van der Waals surface area contributed by atoms with E-state index < -0.39 is 11.5 Å². The van der Waals surface area contributed by atoms with Gasteiger partial charge in [0.15, 0.2) is 5.82 Å². The topological polar surface area (TPSA) is 105 Å². The fourth-order valence-electron chi connectivity index (χ4n) is 1.40. The summed E-state index contributed by atoms with van der Waals surface area (Å²) in [5, 5.41) is 15.1. The number of carbonyl (C=O) groups is 2. The highest BCUT2D eigenvalue weighted by molar-refractivity contribution is 5.86. The molecule has 2 N–H and O–H groups in total. The first kappa shape index (κ1) is 15.1. The average molecular weight is 269 g/mol. The molecule has 1 aromatic rings. The van der Waals surface area contributed by atoms with E-state index in [9.17, 15) is 9.59 Å². The van der Waals surface area contributed by atoms with E-state index in [0.29, 0.717) is 18.1 Å². The number of carboxylic acids is 1. The SMILES string of the molecule is CCCc1noc(CCC(=O)NC(C)(C)C(=O)O)n1. The lowest BCUT2D eigenvalue weighted by atomic mass is 10.1. The van der Waals surface area contributed by atoms with Crippen molar-refractivity contribution in [2.45, 2.75) is 52.0 Å². The van der Waals surface area contributed by atoms with Crippen LogP contribution in [0.1, 0.15) is 45.3 Å². The second kappa shape index (κ2) is 6.31. The highest BCUT2D eigenvalue weighted by Crippen LogP contribution is 2.06. The van der Waals surface area contributed by atoms with Crippen LogP contribution in [0.3, 0.4) is 0 Å². The molecule has 0 saturated carbocycles. The summed E-state index contributed by atoms with van der Waals surface area (Å²) in [6, 6.07) is 0. The molecule has 0 aliphatic carbocycles. The van der Waals surface area contributed by atoms with Gasteiger partial charge in [-0.25, -0.2) is 4.79 Å². The first-order chi connectivity index (χ1) is 8.85. The van der Waals surface area contributed by atoms with Gasteiger partial charge in [0.25, 0.3) is 0 Å². The Balaban J connectivity index is 2.43. The zero-order valence-electron chi connectivity index (χ0n) is 11.4. The first-order valence-corrected chi connectivity index (χ1v) is 6.21. The van der Waals surface area contributed by atoms with Gasteiger partial charge < -0.3 is 14.9 Å². The van der Waals surface area contributed by atoms with Crippen molar-refractivity contribution in [1.29, 1.82) is 0 Å². The molecule has 0 aromatic carbocycles. The number of nitrogens with zero attached hydrogens (tertiary/aromatic N) is 2. The van der Waals surface area contributed by atoms with Gasteiger partial charge in [0, 0.05) is 19.3 Å². The minimum absolute atomic E-state index is 0.116. The third kappa shape index (κ3) is 4.69. The lowest BCUT2D eigenvalue weighted by Crippen LogP contribution is -2.49. The maximum atomic E-state index is 11.6. The van der Waals surface area contributed by atoms with Gasteiger partial charge in [-0.05, 0) is 20.3 Å². The molecule has 1 heterocycles. The summed E-state index contributed by atoms with van der Waals surface area (Å²) in [5.41, 5.74) is -1.28. The van der Waals surface area contributed by atoms with Crippen molar-refractivity contribution in [3.05, 3.63) is 11.7 Å². The van der Waals surface area contributed by atoms with Crippen LogP contribution in [0, 0.1) is 0 Å². The summed E-state index contributed by atoms with van der Waals surface area (Å²) in [4.78, 5) is 26.6. The number of amides is 1. The fraction of sp³-hybridized carbons (Fsp3) is 0.667. The Kier molecular flexibility index (Phi) is 5.02. The molecule has 0 fully saturated rings. The van der Waals surface area contributed by atoms with Crippen LogP contribution in [0.15, 0.2) is 4.52 Å². The summed E-state index contributed by atoms with van der Waals surface area (Å²) in [5.74, 6) is -0.415. The number of hydrogen-bond acceptors (Lipinski definition) is 5. The zero-order valence-corrected chi connectivity index (χ0v) is 11.4. The molecule has 19 heavy (non-hydrogen) atoms. The maximum Gasteiger partial charge on any atom is 0.328 e. The Labute approximate surface area is 111 Å². The van der Waals surface area contributed by atoms with E-state index >= 15 is 0 Å². The highest BCUT2D eigenvalue weighted by Gasteiger charge is 2.28. The third-order valence-electron chi connectivity index (χ3n) is 2.54. The summed E-state index contributed by atoms with van der Waals surface area (Å²) in [6.07, 6.45) is 2.08. The van der Waals surface area contributed by atoms with E-state index in [1.54, 1.807) is 0 Å². The van der Waals surface area contributed by atoms with Crippen molar-refractivity contribution in [2.24, 2.45) is 0 Å². The van der Waals surface area contributed by atoms with Crippen LogP contribution in [0.25, 0.3) is 0 Å². The predicted octanol–water partition coefficient (Wildman–Crippen LogP) is 0.934. The van der Waals surface area contributed by atoms with Crippen molar-refractivity contribution < 1.29 is 19.2 Å². The van der Waals surface area contributed by atoms with Crippen LogP contribution in [-0.2, 0) is 22.4 Å². The molecule has 1 amide bonds. The number of aliphatic carboxylic acids is 1. The number of rotatable bonds is 7. The van der Waals surface area contributed by atoms with Crippen LogP contribution >= 0.6 is 0 Å². The van der Waals surface area contributed by atoms with Crippen molar-refractivity contribution in [2.75, 3.05) is 0 Å². The molecule has 0 unspecified atom stereocenters. The Hall–Kier alpha value is -1.92. The van der Waals surface area contributed by atoms with Gasteiger partial charge in [-0.2, -0.15) is 4.98 Å². The van der Waals surface area contributed by atoms with Gasteiger partial charge in [-0.3, -0.25) is 4.79 Å². The number of carboxylic acid groups (broad SMARTS) is 1. The minimum Gasteiger partial charge on any atom is -0.480 e. The molecule has 0 radical (unpaired) electrons. The molecule has 1 rings (SSSR count). The van der Waals surface area contributed by atoms with Gasteiger partial charge in [-0.15, -0.1) is 0 Å². The molecule has 0 spiro atoms. The monoisotopic (exact) mass is 269 g/mol. The van der Waals surface area contributed by atoms with E-state index in [2.05, 4.69) is 15.5 Å². The number of nitrogens with one attached hydrogen (secondary N) is 1. The molecule has 0 aliphatic heterocycles. The van der Waals surface area contributed by atoms with Crippen LogP contribution in [-0.4, -0.2) is 32.7 Å². The van der Waals surface area contributed by atoms with Gasteiger partial charge >= 0.3 is 5.97 Å². The van der Waals surface area contributed by atoms with Crippen LogP contribution < -0.4 is 5.32 Å². The van der Waals surface area contributed by atoms with Gasteiger partial charge in [0.05, 0.1) is 0 Å². The molecule has 7 nitrogen and oxygen atoms in total. The second-order valence-corrected chi connectivity index (χ2v) is 4.83. The van der Waals surface area contributed by atoms with E-state index in [-0.39, 0.29) is 12.3 Å². The Morgan fingerprint density at radius 3 is 2.63 bits per heavy atom. The molecular weight excluding hydrogens is 250 g/mol. The van der Waals surface area contributed by atoms with Crippen molar-refractivity contribution in [1.82, 2.24) is 15.5 Å². The standard InChI is InChI=1S/C12H19N3O4/c1-4-5-8-13-10(19-15-8)7-6-9(16)14-12(2,3)11(17)18/h4-7H2,1-3H3,(H,14,16)(H,17,18). The van der Waals surface area contributed by atoms with Crippen LogP contribution in [0.4, 0.5) is 0 Å². The summed E-state index contributed by atoms with van der Waals surface area (Å²) >= 11 is 0. The van der Waals surface area contributed by atoms with E-state index in [4.69, 9.17) is 9.63 Å². The van der Waals surface area contributed by atoms with E-state index in [0.717, 1.165) is 12.8 Å². The zero-order chi connectivity index (χ0) is 14.5. The lowest BCUT2D eigenvalue weighted by molar-refractivity contribution is -0.146. The smallest absolute Gasteiger partial charge is 0.328 e. The quantitative estimate of drug-likeness (QED) is 0.763. The van der Waals surface area contributed by atoms with Gasteiger partial charge in [0.2, 0.25) is 11.8 Å². The maximum absolute atomic E-state index is 11.6. The Morgan fingerprint density at radius 2 is 2.05 bits per heavy atom. The molecular formula is C12H19N3O4. The van der Waals surface area contributed by atoms with Crippen molar-refractivity contribution in [3.8, 4) is 0 Å². The normalized spacial score (nSPS) is 11.3. The molecule has 0 aliphatic rings. The number of aromatic nitrogens is 2. The third-order valence-corrected chi connectivity index (χ3v) is 2.54. The second-order valence-electron chi connectivity index (χ2n) is 4.83. The van der Waals surface area contributed by atoms with Gasteiger partial charge in [0.1, 0.15) is 5.54 Å². The Bertz CT molecular complexity index is 454. The first-order valence-electron chi connectivity index (χ1n) is 6.21. The summed E-state index contributed by atoms with van der Waals surface area (Å²) in [7, 11) is 0. The molecule has 1 aromatic heterocycles. The molecule has 0 bridgehead atoms. The van der Waals surface area contributed by atoms with E-state index in [1.165, 1.54) is 13.8 Å². The molecule has 106 valence electrons. The largest absolute Gasteiger partial charge is 0.480 e. The lowest BCUT2D eigenvalue weighted by Gasteiger charge is -2.20. The number of hydrogen-bond donors (Lipinski definition) is 2. The highest BCUT2D eigenvalue weighted by atomic mass is 16.5. The molecule has 7 heteroatoms. The summed E-state index contributed by atoms with van der Waals surface area (Å²) in [6.45, 7) is 4.87. The van der Waals surface area contributed by atoms with Crippen molar-refractivity contribution >= 4 is 11.9 Å². The average Bonchev–Trinajstić information content (AvgIpc) is 2.74. The van der Waals surface area contributed by atoms with Gasteiger partial charge in [-0.1, -0.05) is 12.1 Å². The van der Waals surface area contributed by atoms with Crippen LogP contribution in [0.2, 0.25) is 0 Å². The van der Waals surface area contributed by atoms with Crippen LogP contribution in [0.5, 0.6) is 0 Å². The molecule has 0 atom stereocenters. The number of carbonyl (C=O) groups excluding carboxylic acids is 1. The molecule has 0 saturated heterocycles. The van der Waals surface area contributed by atoms with Crippen molar-refractivity contribution in [3.63, 3.8) is 0 Å². The fourth-order valence-corrected chi connectivity index (χ4v) is 1.40. The van der Waals surface area contributed by atoms with E-state index in [1.807, 2.05) is 6.92 Å². The Morgan fingerprint density at radius 1 is 1.37 bits per heavy atom. The summed E-state index contributed by atoms with van der Waals surface area (Å²) < 4.78 is 4.99. The predicted molar refractivity (Wildman–Crippen MR) is 66.5 cm³/mol. The minimum atomic E-state index is -1.28.